The zero-order valence-electron chi connectivity index (χ0n) is 19.5. The summed E-state index contributed by atoms with van der Waals surface area (Å²) in [6.45, 7) is 13.1. The lowest BCUT2D eigenvalue weighted by Crippen LogP contribution is -2.57. The van der Waals surface area contributed by atoms with Crippen molar-refractivity contribution in [1.29, 1.82) is 0 Å². The third-order valence-electron chi connectivity index (χ3n) is 6.99. The Bertz CT molecular complexity index is 690. The molecule has 31 heavy (non-hydrogen) atoms. The molecule has 0 unspecified atom stereocenters. The van der Waals surface area contributed by atoms with Crippen LogP contribution in [0.5, 0.6) is 0 Å². The van der Waals surface area contributed by atoms with Gasteiger partial charge in [-0.15, -0.1) is 0 Å². The lowest BCUT2D eigenvalue weighted by molar-refractivity contribution is -0.105. The van der Waals surface area contributed by atoms with Crippen molar-refractivity contribution in [2.24, 2.45) is 16.7 Å². The van der Waals surface area contributed by atoms with Gasteiger partial charge in [-0.2, -0.15) is 0 Å². The lowest BCUT2D eigenvalue weighted by atomic mass is 9.66. The van der Waals surface area contributed by atoms with Gasteiger partial charge in [-0.05, 0) is 73.6 Å². The number of benzene rings is 1. The molecule has 0 aromatic heterocycles. The van der Waals surface area contributed by atoms with Crippen LogP contribution in [0.1, 0.15) is 84.6 Å². The van der Waals surface area contributed by atoms with Gasteiger partial charge >= 0.3 is 0 Å². The fraction of sp³-hybridized carbons (Fsp3) is 0.720. The summed E-state index contributed by atoms with van der Waals surface area (Å²) >= 11 is 0. The largest absolute Gasteiger partial charge is 0.329 e. The van der Waals surface area contributed by atoms with Crippen molar-refractivity contribution in [2.75, 3.05) is 25.0 Å². The Kier molecular flexibility index (Phi) is 9.41. The predicted molar refractivity (Wildman–Crippen MR) is 121 cm³/mol. The molecular formula is C25H39F3N2O. The van der Waals surface area contributed by atoms with Crippen molar-refractivity contribution < 1.29 is 18.0 Å². The summed E-state index contributed by atoms with van der Waals surface area (Å²) in [4.78, 5) is 12.7. The summed E-state index contributed by atoms with van der Waals surface area (Å²) in [5, 5.41) is 2.09. The van der Waals surface area contributed by atoms with E-state index in [4.69, 9.17) is 0 Å². The van der Waals surface area contributed by atoms with Gasteiger partial charge in [-0.3, -0.25) is 4.79 Å². The van der Waals surface area contributed by atoms with E-state index in [0.29, 0.717) is 6.41 Å². The Balaban J connectivity index is 0.000000209. The van der Waals surface area contributed by atoms with Crippen LogP contribution in [0.25, 0.3) is 0 Å². The zero-order chi connectivity index (χ0) is 23.1. The number of carbonyl (C=O) groups excluding carboxylic acids is 1. The van der Waals surface area contributed by atoms with Crippen molar-refractivity contribution in [1.82, 2.24) is 4.90 Å². The molecule has 1 aromatic rings. The third-order valence-corrected chi connectivity index (χ3v) is 6.99. The highest BCUT2D eigenvalue weighted by atomic mass is 19.3. The molecule has 1 N–H and O–H groups in total. The fourth-order valence-corrected chi connectivity index (χ4v) is 4.53. The van der Waals surface area contributed by atoms with E-state index in [9.17, 15) is 18.0 Å². The van der Waals surface area contributed by atoms with Crippen molar-refractivity contribution >= 4 is 12.1 Å². The van der Waals surface area contributed by atoms with E-state index in [-0.39, 0.29) is 5.69 Å². The highest BCUT2D eigenvalue weighted by Crippen LogP contribution is 2.50. The first-order valence-electron chi connectivity index (χ1n) is 11.7. The Morgan fingerprint density at radius 3 is 2.26 bits per heavy atom. The SMILES string of the molecule is CC.CC1CCC2(CC1)CN(CCC1(C)CC1)C2.O=CNc1cc(F)cc(C(F)F)c1. The highest BCUT2D eigenvalue weighted by molar-refractivity contribution is 5.71. The maximum Gasteiger partial charge on any atom is 0.264 e. The first-order chi connectivity index (χ1) is 14.7. The average Bonchev–Trinajstić information content (AvgIpc) is 3.45. The predicted octanol–water partition coefficient (Wildman–Crippen LogP) is 7.05. The van der Waals surface area contributed by atoms with Gasteiger partial charge in [0.15, 0.2) is 0 Å². The third kappa shape index (κ3) is 7.81. The van der Waals surface area contributed by atoms with Crippen LogP contribution < -0.4 is 5.32 Å². The molecule has 1 aliphatic heterocycles. The van der Waals surface area contributed by atoms with Gasteiger partial charge < -0.3 is 10.2 Å². The summed E-state index contributed by atoms with van der Waals surface area (Å²) in [6.07, 6.45) is 8.00. The minimum atomic E-state index is -2.75. The number of nitrogens with zero attached hydrogens (tertiary/aromatic N) is 1. The van der Waals surface area contributed by atoms with Crippen LogP contribution in [-0.4, -0.2) is 30.9 Å². The number of likely N-dealkylation sites (tertiary alicyclic amines) is 1. The summed E-state index contributed by atoms with van der Waals surface area (Å²) in [7, 11) is 0. The van der Waals surface area contributed by atoms with Gasteiger partial charge in [0.25, 0.3) is 6.43 Å². The number of hydrogen-bond donors (Lipinski definition) is 1. The molecule has 1 aromatic carbocycles. The highest BCUT2D eigenvalue weighted by Gasteiger charge is 2.45. The fourth-order valence-electron chi connectivity index (χ4n) is 4.53. The van der Waals surface area contributed by atoms with Gasteiger partial charge in [0.1, 0.15) is 5.82 Å². The van der Waals surface area contributed by atoms with E-state index in [1.807, 2.05) is 13.8 Å². The van der Waals surface area contributed by atoms with Crippen molar-refractivity contribution in [3.05, 3.63) is 29.6 Å². The minimum absolute atomic E-state index is 0.0188. The quantitative estimate of drug-likeness (QED) is 0.481. The molecule has 0 bridgehead atoms. The number of carbonyl (C=O) groups is 1. The molecule has 2 saturated carbocycles. The smallest absolute Gasteiger partial charge is 0.264 e. The zero-order valence-corrected chi connectivity index (χ0v) is 19.5. The molecule has 1 spiro atoms. The van der Waals surface area contributed by atoms with E-state index >= 15 is 0 Å². The standard InChI is InChI=1S/C15H27N.C8H6F3NO.C2H6/c1-13-3-5-15(6-4-13)11-16(12-15)10-9-14(2)7-8-14;9-6-1-5(8(10)11)2-7(3-6)12-4-13;1-2/h13H,3-12H2,1-2H3;1-4,8H,(H,12,13);1-2H3. The molecule has 0 atom stereocenters. The van der Waals surface area contributed by atoms with Crippen LogP contribution in [0.2, 0.25) is 0 Å². The van der Waals surface area contributed by atoms with Gasteiger partial charge in [-0.25, -0.2) is 13.2 Å². The van der Waals surface area contributed by atoms with Crippen LogP contribution in [0.4, 0.5) is 18.9 Å². The normalized spacial score (nSPS) is 21.3. The van der Waals surface area contributed by atoms with Gasteiger partial charge in [0.05, 0.1) is 0 Å². The van der Waals surface area contributed by atoms with E-state index in [0.717, 1.165) is 34.9 Å². The second-order valence-electron chi connectivity index (χ2n) is 9.79. The molecule has 1 amide bonds. The van der Waals surface area contributed by atoms with E-state index in [1.54, 1.807) is 0 Å². The van der Waals surface area contributed by atoms with E-state index in [1.165, 1.54) is 64.6 Å². The Labute approximate surface area is 185 Å². The first kappa shape index (κ1) is 25.7. The number of rotatable bonds is 6. The number of alkyl halides is 2. The van der Waals surface area contributed by atoms with Crippen LogP contribution in [0.15, 0.2) is 18.2 Å². The molecule has 3 aliphatic rings. The Hall–Kier alpha value is -1.56. The van der Waals surface area contributed by atoms with Gasteiger partial charge in [-0.1, -0.05) is 40.5 Å². The van der Waals surface area contributed by atoms with Crippen LogP contribution in [0.3, 0.4) is 0 Å². The van der Waals surface area contributed by atoms with Crippen molar-refractivity contribution in [3.8, 4) is 0 Å². The summed E-state index contributed by atoms with van der Waals surface area (Å²) < 4.78 is 36.8. The maximum absolute atomic E-state index is 12.6. The number of halogens is 3. The second-order valence-corrected chi connectivity index (χ2v) is 9.79. The van der Waals surface area contributed by atoms with Gasteiger partial charge in [0, 0.05) is 24.3 Å². The Morgan fingerprint density at radius 2 is 1.74 bits per heavy atom. The molecule has 3 nitrogen and oxygen atoms in total. The molecule has 176 valence electrons. The van der Waals surface area contributed by atoms with Crippen molar-refractivity contribution in [2.45, 2.75) is 79.1 Å². The summed E-state index contributed by atoms with van der Waals surface area (Å²) in [5.41, 5.74) is 1.09. The maximum atomic E-state index is 12.6. The van der Waals surface area contributed by atoms with Crippen LogP contribution >= 0.6 is 0 Å². The van der Waals surface area contributed by atoms with Crippen molar-refractivity contribution in [3.63, 3.8) is 0 Å². The molecule has 3 fully saturated rings. The van der Waals surface area contributed by atoms with E-state index < -0.39 is 17.8 Å². The second kappa shape index (κ2) is 11.3. The Morgan fingerprint density at radius 1 is 1.13 bits per heavy atom. The van der Waals surface area contributed by atoms with Crippen LogP contribution in [-0.2, 0) is 4.79 Å². The molecule has 4 rings (SSSR count). The number of hydrogen-bond acceptors (Lipinski definition) is 2. The average molecular weight is 441 g/mol. The molecule has 6 heteroatoms. The number of anilines is 1. The number of nitrogens with one attached hydrogen (secondary N) is 1. The molecule has 0 radical (unpaired) electrons. The lowest BCUT2D eigenvalue weighted by Gasteiger charge is -2.53. The molecule has 2 aliphatic carbocycles. The number of amides is 1. The van der Waals surface area contributed by atoms with Crippen LogP contribution in [0, 0.1) is 22.6 Å². The minimum Gasteiger partial charge on any atom is -0.329 e. The topological polar surface area (TPSA) is 32.3 Å². The first-order valence-corrected chi connectivity index (χ1v) is 11.7. The summed E-state index contributed by atoms with van der Waals surface area (Å²) in [6, 6.07) is 2.70. The summed E-state index contributed by atoms with van der Waals surface area (Å²) in [5.74, 6) is 0.201. The van der Waals surface area contributed by atoms with Gasteiger partial charge in [0.2, 0.25) is 6.41 Å². The molecular weight excluding hydrogens is 401 g/mol. The molecule has 1 heterocycles. The van der Waals surface area contributed by atoms with E-state index in [2.05, 4.69) is 24.1 Å². The molecule has 1 saturated heterocycles. The monoisotopic (exact) mass is 440 g/mol.